The van der Waals surface area contributed by atoms with Gasteiger partial charge < -0.3 is 14.2 Å². The first-order valence-corrected chi connectivity index (χ1v) is 9.64. The summed E-state index contributed by atoms with van der Waals surface area (Å²) in [6.45, 7) is 10.2. The molecule has 0 spiro atoms. The van der Waals surface area contributed by atoms with Gasteiger partial charge in [0.25, 0.3) is 0 Å². The van der Waals surface area contributed by atoms with Crippen LogP contribution in [-0.4, -0.2) is 24.5 Å². The lowest BCUT2D eigenvalue weighted by atomic mass is 10.1. The molecule has 0 N–H and O–H groups in total. The van der Waals surface area contributed by atoms with Gasteiger partial charge in [0.2, 0.25) is 0 Å². The number of ether oxygens (including phenoxy) is 3. The zero-order valence-corrected chi connectivity index (χ0v) is 17.9. The molecule has 0 saturated carbocycles. The number of rotatable bonds is 9. The molecular weight excluding hydrogens is 415 g/mol. The number of esters is 3. The Balaban J connectivity index is 1.88. The maximum atomic E-state index is 14.1. The summed E-state index contributed by atoms with van der Waals surface area (Å²) < 4.78 is 29.2. The van der Waals surface area contributed by atoms with E-state index < -0.39 is 23.7 Å². The number of hydrogen-bond acceptors (Lipinski definition) is 6. The molecule has 0 radical (unpaired) electrons. The van der Waals surface area contributed by atoms with Crippen LogP contribution in [0, 0.1) is 5.82 Å². The van der Waals surface area contributed by atoms with Crippen LogP contribution in [0.2, 0.25) is 0 Å². The van der Waals surface area contributed by atoms with Gasteiger partial charge >= 0.3 is 17.9 Å². The maximum Gasteiger partial charge on any atom is 0.338 e. The summed E-state index contributed by atoms with van der Waals surface area (Å²) in [5, 5.41) is 0. The molecule has 0 aliphatic heterocycles. The SMILES string of the molecule is C=C(C)C(=O)OCCc1ccc(OC(=O)/C=C/c2ccc(OC(=O)C(=C)C)c(F)c2)cc1. The Morgan fingerprint density at radius 3 is 2.19 bits per heavy atom. The lowest BCUT2D eigenvalue weighted by Gasteiger charge is -2.06. The summed E-state index contributed by atoms with van der Waals surface area (Å²) >= 11 is 0. The average molecular weight is 438 g/mol. The molecule has 0 aliphatic carbocycles. The second-order valence-corrected chi connectivity index (χ2v) is 6.92. The highest BCUT2D eigenvalue weighted by Gasteiger charge is 2.10. The van der Waals surface area contributed by atoms with Crippen LogP contribution >= 0.6 is 0 Å². The Hall–Kier alpha value is -4.00. The molecule has 2 aromatic carbocycles. The van der Waals surface area contributed by atoms with Crippen LogP contribution in [-0.2, 0) is 25.5 Å². The van der Waals surface area contributed by atoms with Crippen LogP contribution in [0.15, 0.2) is 72.8 Å². The first kappa shape index (κ1) is 24.3. The quantitative estimate of drug-likeness (QED) is 0.324. The van der Waals surface area contributed by atoms with Crippen molar-refractivity contribution in [3.63, 3.8) is 0 Å². The topological polar surface area (TPSA) is 78.9 Å². The lowest BCUT2D eigenvalue weighted by molar-refractivity contribution is -0.139. The van der Waals surface area contributed by atoms with E-state index in [1.165, 1.54) is 25.1 Å². The van der Waals surface area contributed by atoms with E-state index in [9.17, 15) is 18.8 Å². The first-order chi connectivity index (χ1) is 15.2. The van der Waals surface area contributed by atoms with E-state index in [2.05, 4.69) is 13.2 Å². The second kappa shape index (κ2) is 11.4. The van der Waals surface area contributed by atoms with Crippen molar-refractivity contribution in [3.05, 3.63) is 89.8 Å². The summed E-state index contributed by atoms with van der Waals surface area (Å²) in [6.07, 6.45) is 3.04. The molecule has 0 heterocycles. The summed E-state index contributed by atoms with van der Waals surface area (Å²) in [5.41, 5.74) is 1.77. The molecule has 2 rings (SSSR count). The van der Waals surface area contributed by atoms with E-state index in [0.717, 1.165) is 17.7 Å². The van der Waals surface area contributed by atoms with E-state index in [4.69, 9.17) is 14.2 Å². The van der Waals surface area contributed by atoms with Crippen molar-refractivity contribution in [2.24, 2.45) is 0 Å². The Morgan fingerprint density at radius 1 is 0.938 bits per heavy atom. The highest BCUT2D eigenvalue weighted by molar-refractivity contribution is 5.89. The van der Waals surface area contributed by atoms with Crippen LogP contribution in [0.4, 0.5) is 4.39 Å². The van der Waals surface area contributed by atoms with Crippen molar-refractivity contribution in [2.75, 3.05) is 6.61 Å². The molecule has 166 valence electrons. The number of benzene rings is 2. The van der Waals surface area contributed by atoms with Crippen molar-refractivity contribution in [3.8, 4) is 11.5 Å². The molecule has 7 heteroatoms. The predicted molar refractivity (Wildman–Crippen MR) is 117 cm³/mol. The molecule has 2 aromatic rings. The van der Waals surface area contributed by atoms with Gasteiger partial charge in [0.05, 0.1) is 6.61 Å². The van der Waals surface area contributed by atoms with Gasteiger partial charge in [0.1, 0.15) is 5.75 Å². The third-order valence-corrected chi connectivity index (χ3v) is 4.03. The fraction of sp³-hybridized carbons (Fsp3) is 0.160. The Morgan fingerprint density at radius 2 is 1.59 bits per heavy atom. The van der Waals surface area contributed by atoms with Gasteiger partial charge in [0.15, 0.2) is 11.6 Å². The smallest absolute Gasteiger partial charge is 0.338 e. The number of carbonyl (C=O) groups is 3. The van der Waals surface area contributed by atoms with Crippen molar-refractivity contribution >= 4 is 24.0 Å². The minimum atomic E-state index is -0.750. The monoisotopic (exact) mass is 438 g/mol. The first-order valence-electron chi connectivity index (χ1n) is 9.64. The molecule has 0 saturated heterocycles. The fourth-order valence-corrected chi connectivity index (χ4v) is 2.31. The third-order valence-electron chi connectivity index (χ3n) is 4.03. The van der Waals surface area contributed by atoms with Gasteiger partial charge in [-0.05, 0) is 55.3 Å². The highest BCUT2D eigenvalue weighted by atomic mass is 19.1. The maximum absolute atomic E-state index is 14.1. The van der Waals surface area contributed by atoms with Crippen molar-refractivity contribution in [2.45, 2.75) is 20.3 Å². The predicted octanol–water partition coefficient (Wildman–Crippen LogP) is 4.59. The molecule has 0 unspecified atom stereocenters. The van der Waals surface area contributed by atoms with Crippen molar-refractivity contribution in [1.29, 1.82) is 0 Å². The van der Waals surface area contributed by atoms with Gasteiger partial charge in [-0.2, -0.15) is 0 Å². The average Bonchev–Trinajstić information content (AvgIpc) is 2.74. The van der Waals surface area contributed by atoms with Gasteiger partial charge in [-0.25, -0.2) is 18.8 Å². The number of halogens is 1. The molecule has 0 aliphatic rings. The van der Waals surface area contributed by atoms with Gasteiger partial charge in [-0.1, -0.05) is 31.4 Å². The third kappa shape index (κ3) is 7.68. The summed E-state index contributed by atoms with van der Waals surface area (Å²) in [6, 6.07) is 10.6. The molecule has 0 bridgehead atoms. The largest absolute Gasteiger partial charge is 0.462 e. The van der Waals surface area contributed by atoms with Crippen LogP contribution in [0.1, 0.15) is 25.0 Å². The standard InChI is InChI=1S/C25H23FO6/c1-16(2)24(28)30-14-13-18-5-9-20(10-6-18)31-23(27)12-8-19-7-11-22(21(26)15-19)32-25(29)17(3)4/h5-12,15H,1,3,13-14H2,2,4H3/b12-8+. The van der Waals surface area contributed by atoms with E-state index in [0.29, 0.717) is 23.3 Å². The van der Waals surface area contributed by atoms with Gasteiger partial charge in [-0.3, -0.25) is 0 Å². The van der Waals surface area contributed by atoms with Crippen molar-refractivity contribution < 1.29 is 33.0 Å². The molecule has 0 fully saturated rings. The molecule has 0 amide bonds. The van der Waals surface area contributed by atoms with Crippen LogP contribution < -0.4 is 9.47 Å². The minimum absolute atomic E-state index is 0.148. The summed E-state index contributed by atoms with van der Waals surface area (Å²) in [7, 11) is 0. The minimum Gasteiger partial charge on any atom is -0.462 e. The number of hydrogen-bond donors (Lipinski definition) is 0. The zero-order valence-electron chi connectivity index (χ0n) is 17.9. The zero-order chi connectivity index (χ0) is 23.7. The van der Waals surface area contributed by atoms with Gasteiger partial charge in [-0.15, -0.1) is 0 Å². The van der Waals surface area contributed by atoms with E-state index in [-0.39, 0.29) is 17.9 Å². The second-order valence-electron chi connectivity index (χ2n) is 6.92. The number of carbonyl (C=O) groups excluding carboxylic acids is 3. The summed E-state index contributed by atoms with van der Waals surface area (Å²) in [4.78, 5) is 34.8. The van der Waals surface area contributed by atoms with Crippen LogP contribution in [0.25, 0.3) is 6.08 Å². The highest BCUT2D eigenvalue weighted by Crippen LogP contribution is 2.20. The molecule has 0 aromatic heterocycles. The lowest BCUT2D eigenvalue weighted by Crippen LogP contribution is -2.09. The Labute approximate surface area is 185 Å². The van der Waals surface area contributed by atoms with E-state index in [1.807, 2.05) is 0 Å². The normalized spacial score (nSPS) is 10.5. The fourth-order valence-electron chi connectivity index (χ4n) is 2.31. The van der Waals surface area contributed by atoms with Crippen molar-refractivity contribution in [1.82, 2.24) is 0 Å². The van der Waals surface area contributed by atoms with Crippen LogP contribution in [0.5, 0.6) is 11.5 Å². The molecule has 32 heavy (non-hydrogen) atoms. The van der Waals surface area contributed by atoms with E-state index >= 15 is 0 Å². The molecule has 6 nitrogen and oxygen atoms in total. The van der Waals surface area contributed by atoms with E-state index in [1.54, 1.807) is 31.2 Å². The summed E-state index contributed by atoms with van der Waals surface area (Å²) in [5.74, 6) is -2.46. The molecular formula is C25H23FO6. The van der Waals surface area contributed by atoms with Gasteiger partial charge in [0, 0.05) is 23.6 Å². The van der Waals surface area contributed by atoms with Crippen LogP contribution in [0.3, 0.4) is 0 Å². The Bertz CT molecular complexity index is 1070. The Kier molecular flexibility index (Phi) is 8.65. The molecule has 0 atom stereocenters.